The lowest BCUT2D eigenvalue weighted by atomic mass is 9.84. The summed E-state index contributed by atoms with van der Waals surface area (Å²) >= 11 is 0. The minimum absolute atomic E-state index is 0.366. The molecule has 0 unspecified atom stereocenters. The van der Waals surface area contributed by atoms with Gasteiger partial charge in [-0.2, -0.15) is 0 Å². The van der Waals surface area contributed by atoms with Crippen molar-refractivity contribution in [2.45, 2.75) is 25.7 Å². The highest BCUT2D eigenvalue weighted by Gasteiger charge is 2.40. The van der Waals surface area contributed by atoms with Crippen molar-refractivity contribution in [2.24, 2.45) is 17.8 Å². The molecule has 0 aromatic heterocycles. The molecule has 1 saturated carbocycles. The van der Waals surface area contributed by atoms with Gasteiger partial charge in [0.2, 0.25) is 5.91 Å². The van der Waals surface area contributed by atoms with Crippen LogP contribution in [0.1, 0.15) is 25.7 Å². The summed E-state index contributed by atoms with van der Waals surface area (Å²) in [6, 6.07) is 0. The summed E-state index contributed by atoms with van der Waals surface area (Å²) < 4.78 is 5.16. The Kier molecular flexibility index (Phi) is 4.08. The van der Waals surface area contributed by atoms with E-state index in [9.17, 15) is 4.79 Å². The maximum absolute atomic E-state index is 12.3. The molecule has 1 aliphatic carbocycles. The van der Waals surface area contributed by atoms with Crippen LogP contribution in [0.15, 0.2) is 0 Å². The summed E-state index contributed by atoms with van der Waals surface area (Å²) in [4.78, 5) is 17.0. The van der Waals surface area contributed by atoms with Crippen molar-refractivity contribution in [2.75, 3.05) is 46.4 Å². The zero-order chi connectivity index (χ0) is 13.2. The minimum Gasteiger partial charge on any atom is -0.383 e. The third-order valence-electron chi connectivity index (χ3n) is 5.26. The molecule has 4 nitrogen and oxygen atoms in total. The number of methoxy groups -OCH3 is 1. The highest BCUT2D eigenvalue weighted by Crippen LogP contribution is 2.35. The average molecular weight is 266 g/mol. The molecular weight excluding hydrogens is 240 g/mol. The van der Waals surface area contributed by atoms with Crippen LogP contribution < -0.4 is 0 Å². The number of hydrogen-bond donors (Lipinski definition) is 0. The number of fused-ring (bicyclic) bond motifs is 1. The summed E-state index contributed by atoms with van der Waals surface area (Å²) in [6.07, 6.45) is 4.76. The lowest BCUT2D eigenvalue weighted by molar-refractivity contribution is -0.137. The largest absolute Gasteiger partial charge is 0.383 e. The number of nitrogens with zero attached hydrogens (tertiary/aromatic N) is 2. The maximum atomic E-state index is 12.3. The molecule has 0 aromatic carbocycles. The number of amides is 1. The quantitative estimate of drug-likeness (QED) is 0.767. The summed E-state index contributed by atoms with van der Waals surface area (Å²) in [5.74, 6) is 2.27. The second kappa shape index (κ2) is 5.80. The smallest absolute Gasteiger partial charge is 0.225 e. The number of rotatable bonds is 4. The Morgan fingerprint density at radius 1 is 1.16 bits per heavy atom. The van der Waals surface area contributed by atoms with Crippen molar-refractivity contribution in [3.63, 3.8) is 0 Å². The molecule has 0 N–H and O–H groups in total. The number of likely N-dealkylation sites (tertiary alicyclic amines) is 2. The van der Waals surface area contributed by atoms with Crippen molar-refractivity contribution in [3.05, 3.63) is 0 Å². The van der Waals surface area contributed by atoms with Gasteiger partial charge in [-0.15, -0.1) is 0 Å². The van der Waals surface area contributed by atoms with Crippen LogP contribution in [0.4, 0.5) is 0 Å². The molecule has 0 radical (unpaired) electrons. The van der Waals surface area contributed by atoms with Gasteiger partial charge in [0.05, 0.1) is 6.61 Å². The molecular formula is C15H26N2O2. The van der Waals surface area contributed by atoms with Crippen LogP contribution in [0.25, 0.3) is 0 Å². The SMILES string of the molecule is COCCN1CC[C@H]2CN(C(=O)C3CCC3)C[C@H]2C1. The van der Waals surface area contributed by atoms with Crippen LogP contribution in [0.2, 0.25) is 0 Å². The van der Waals surface area contributed by atoms with Gasteiger partial charge in [0.15, 0.2) is 0 Å². The van der Waals surface area contributed by atoms with Crippen LogP contribution in [0.3, 0.4) is 0 Å². The Morgan fingerprint density at radius 2 is 1.95 bits per heavy atom. The molecule has 3 rings (SSSR count). The van der Waals surface area contributed by atoms with E-state index in [2.05, 4.69) is 9.80 Å². The molecule has 0 spiro atoms. The van der Waals surface area contributed by atoms with Gasteiger partial charge in [-0.05, 0) is 37.6 Å². The molecule has 2 atom stereocenters. The molecule has 3 fully saturated rings. The Morgan fingerprint density at radius 3 is 2.63 bits per heavy atom. The van der Waals surface area contributed by atoms with Crippen LogP contribution in [0.5, 0.6) is 0 Å². The molecule has 2 heterocycles. The fraction of sp³-hybridized carbons (Fsp3) is 0.933. The van der Waals surface area contributed by atoms with E-state index in [-0.39, 0.29) is 0 Å². The highest BCUT2D eigenvalue weighted by atomic mass is 16.5. The van der Waals surface area contributed by atoms with E-state index in [1.165, 1.54) is 19.4 Å². The minimum atomic E-state index is 0.366. The Balaban J connectivity index is 1.51. The maximum Gasteiger partial charge on any atom is 0.225 e. The molecule has 2 aliphatic heterocycles. The summed E-state index contributed by atoms with van der Waals surface area (Å²) in [5.41, 5.74) is 0. The van der Waals surface area contributed by atoms with Gasteiger partial charge in [-0.1, -0.05) is 6.42 Å². The molecule has 3 aliphatic rings. The lowest BCUT2D eigenvalue weighted by Crippen LogP contribution is -2.41. The topological polar surface area (TPSA) is 32.8 Å². The van der Waals surface area contributed by atoms with Gasteiger partial charge >= 0.3 is 0 Å². The van der Waals surface area contributed by atoms with Gasteiger partial charge < -0.3 is 14.5 Å². The van der Waals surface area contributed by atoms with E-state index < -0.39 is 0 Å². The highest BCUT2D eigenvalue weighted by molar-refractivity contribution is 5.79. The van der Waals surface area contributed by atoms with E-state index in [0.29, 0.717) is 17.7 Å². The van der Waals surface area contributed by atoms with Crippen molar-refractivity contribution in [1.29, 1.82) is 0 Å². The number of ether oxygens (including phenoxy) is 1. The fourth-order valence-electron chi connectivity index (χ4n) is 3.76. The zero-order valence-electron chi connectivity index (χ0n) is 12.0. The van der Waals surface area contributed by atoms with E-state index in [0.717, 1.165) is 51.5 Å². The van der Waals surface area contributed by atoms with Crippen LogP contribution in [-0.2, 0) is 9.53 Å². The second-order valence-corrected chi connectivity index (χ2v) is 6.47. The zero-order valence-corrected chi connectivity index (χ0v) is 12.0. The van der Waals surface area contributed by atoms with Gasteiger partial charge in [0.1, 0.15) is 0 Å². The van der Waals surface area contributed by atoms with Gasteiger partial charge in [-0.25, -0.2) is 0 Å². The van der Waals surface area contributed by atoms with E-state index in [1.807, 2.05) is 0 Å². The van der Waals surface area contributed by atoms with Crippen molar-refractivity contribution in [1.82, 2.24) is 9.80 Å². The molecule has 4 heteroatoms. The summed E-state index contributed by atoms with van der Waals surface area (Å²) in [5, 5.41) is 0. The first-order valence-corrected chi connectivity index (χ1v) is 7.78. The molecule has 0 bridgehead atoms. The number of carbonyl (C=O) groups excluding carboxylic acids is 1. The number of carbonyl (C=O) groups is 1. The van der Waals surface area contributed by atoms with Crippen LogP contribution in [-0.4, -0.2) is 62.1 Å². The van der Waals surface area contributed by atoms with Crippen molar-refractivity contribution in [3.8, 4) is 0 Å². The monoisotopic (exact) mass is 266 g/mol. The van der Waals surface area contributed by atoms with Gasteiger partial charge in [0.25, 0.3) is 0 Å². The molecule has 1 amide bonds. The van der Waals surface area contributed by atoms with Gasteiger partial charge in [0, 0.05) is 39.2 Å². The fourth-order valence-corrected chi connectivity index (χ4v) is 3.76. The Hall–Kier alpha value is -0.610. The Bertz CT molecular complexity index is 330. The molecule has 19 heavy (non-hydrogen) atoms. The first kappa shape index (κ1) is 13.4. The van der Waals surface area contributed by atoms with Crippen LogP contribution >= 0.6 is 0 Å². The van der Waals surface area contributed by atoms with E-state index in [4.69, 9.17) is 4.74 Å². The second-order valence-electron chi connectivity index (χ2n) is 6.47. The summed E-state index contributed by atoms with van der Waals surface area (Å²) in [7, 11) is 1.77. The Labute approximate surface area is 116 Å². The van der Waals surface area contributed by atoms with Crippen LogP contribution in [0, 0.1) is 17.8 Å². The lowest BCUT2D eigenvalue weighted by Gasteiger charge is -2.33. The molecule has 2 saturated heterocycles. The standard InChI is InChI=1S/C15H26N2O2/c1-19-8-7-16-6-5-13-10-17(11-14(13)9-16)15(18)12-3-2-4-12/h12-14H,2-11H2,1H3/t13-,14+/m0/s1. The number of piperidine rings is 1. The van der Waals surface area contributed by atoms with E-state index in [1.54, 1.807) is 7.11 Å². The van der Waals surface area contributed by atoms with Gasteiger partial charge in [-0.3, -0.25) is 4.79 Å². The average Bonchev–Trinajstić information content (AvgIpc) is 2.77. The summed E-state index contributed by atoms with van der Waals surface area (Å²) in [6.45, 7) is 6.22. The predicted octanol–water partition coefficient (Wildman–Crippen LogP) is 1.21. The first-order valence-electron chi connectivity index (χ1n) is 7.78. The predicted molar refractivity (Wildman–Crippen MR) is 73.8 cm³/mol. The van der Waals surface area contributed by atoms with E-state index >= 15 is 0 Å². The van der Waals surface area contributed by atoms with Crippen molar-refractivity contribution < 1.29 is 9.53 Å². The first-order chi connectivity index (χ1) is 9.28. The molecule has 108 valence electrons. The molecule has 0 aromatic rings. The third-order valence-corrected chi connectivity index (χ3v) is 5.26. The number of hydrogen-bond acceptors (Lipinski definition) is 3. The normalized spacial score (nSPS) is 32.2. The third kappa shape index (κ3) is 2.79. The van der Waals surface area contributed by atoms with Crippen molar-refractivity contribution >= 4 is 5.91 Å².